The Morgan fingerprint density at radius 3 is 3.16 bits per heavy atom. The number of hydrogen-bond donors (Lipinski definition) is 2. The molecule has 1 amide bonds. The molecule has 7 nitrogen and oxygen atoms in total. The average molecular weight is 339 g/mol. The van der Waals surface area contributed by atoms with Gasteiger partial charge in [-0.25, -0.2) is 4.98 Å². The highest BCUT2D eigenvalue weighted by molar-refractivity contribution is 5.94. The second-order valence-electron chi connectivity index (χ2n) is 7.02. The second-order valence-corrected chi connectivity index (χ2v) is 7.02. The molecule has 2 N–H and O–H groups in total. The smallest absolute Gasteiger partial charge is 0.254 e. The molecule has 2 aliphatic rings. The Balaban J connectivity index is 1.49. The standard InChI is InChI=1S/C18H21N5O2/c24-16-8-13(3-5-21-16)17(25)23-10-14-2-1-4-18(14,12-23)11-22-15-9-19-6-7-20-15/h3,5-9,14H,1-2,4,10-12H2,(H,20,22)(H,21,24)/t14-,18-/m0/s1. The van der Waals surface area contributed by atoms with Gasteiger partial charge in [0, 0.05) is 55.3 Å². The number of fused-ring (bicyclic) bond motifs is 1. The van der Waals surface area contributed by atoms with E-state index in [0.29, 0.717) is 11.5 Å². The molecule has 3 heterocycles. The van der Waals surface area contributed by atoms with E-state index < -0.39 is 0 Å². The van der Waals surface area contributed by atoms with Gasteiger partial charge in [-0.05, 0) is 24.8 Å². The van der Waals surface area contributed by atoms with Gasteiger partial charge in [-0.1, -0.05) is 6.42 Å². The van der Waals surface area contributed by atoms with Gasteiger partial charge in [0.2, 0.25) is 5.56 Å². The number of carbonyl (C=O) groups excluding carboxylic acids is 1. The third kappa shape index (κ3) is 3.01. The summed E-state index contributed by atoms with van der Waals surface area (Å²) in [7, 11) is 0. The quantitative estimate of drug-likeness (QED) is 0.881. The highest BCUT2D eigenvalue weighted by Crippen LogP contribution is 2.48. The topological polar surface area (TPSA) is 91.0 Å². The number of amides is 1. The number of carbonyl (C=O) groups is 1. The van der Waals surface area contributed by atoms with Crippen LogP contribution in [0.5, 0.6) is 0 Å². The zero-order chi connectivity index (χ0) is 17.3. The third-order valence-electron chi connectivity index (χ3n) is 5.53. The summed E-state index contributed by atoms with van der Waals surface area (Å²) in [6.07, 6.45) is 10.0. The first-order chi connectivity index (χ1) is 12.2. The van der Waals surface area contributed by atoms with Crippen LogP contribution in [0.1, 0.15) is 29.6 Å². The lowest BCUT2D eigenvalue weighted by Gasteiger charge is -2.29. The number of nitrogens with one attached hydrogen (secondary N) is 2. The second kappa shape index (κ2) is 6.31. The van der Waals surface area contributed by atoms with E-state index in [0.717, 1.165) is 38.3 Å². The van der Waals surface area contributed by atoms with Gasteiger partial charge in [-0.3, -0.25) is 14.6 Å². The molecule has 4 rings (SSSR count). The fourth-order valence-corrected chi connectivity index (χ4v) is 4.28. The van der Waals surface area contributed by atoms with Crippen LogP contribution in [0.3, 0.4) is 0 Å². The minimum Gasteiger partial charge on any atom is -0.368 e. The van der Waals surface area contributed by atoms with Crippen molar-refractivity contribution in [1.29, 1.82) is 0 Å². The SMILES string of the molecule is O=C(c1cc[nH]c(=O)c1)N1C[C@@H]2CCC[C@]2(CNc2cnccn2)C1. The molecular formula is C18H21N5O2. The Bertz CT molecular complexity index is 821. The molecule has 2 atom stereocenters. The summed E-state index contributed by atoms with van der Waals surface area (Å²) < 4.78 is 0. The van der Waals surface area contributed by atoms with E-state index >= 15 is 0 Å². The maximum absolute atomic E-state index is 12.8. The Labute approximate surface area is 145 Å². The number of aromatic nitrogens is 3. The summed E-state index contributed by atoms with van der Waals surface area (Å²) in [5.74, 6) is 1.20. The minimum absolute atomic E-state index is 0.0561. The zero-order valence-corrected chi connectivity index (χ0v) is 13.9. The summed E-state index contributed by atoms with van der Waals surface area (Å²) in [6, 6.07) is 3.04. The van der Waals surface area contributed by atoms with Crippen molar-refractivity contribution in [2.24, 2.45) is 11.3 Å². The number of pyridine rings is 1. The average Bonchev–Trinajstić information content (AvgIpc) is 3.17. The lowest BCUT2D eigenvalue weighted by Crippen LogP contribution is -2.36. The largest absolute Gasteiger partial charge is 0.368 e. The summed E-state index contributed by atoms with van der Waals surface area (Å²) >= 11 is 0. The van der Waals surface area contributed by atoms with Crippen LogP contribution in [0.15, 0.2) is 41.7 Å². The van der Waals surface area contributed by atoms with Gasteiger partial charge >= 0.3 is 0 Å². The van der Waals surface area contributed by atoms with E-state index in [9.17, 15) is 9.59 Å². The van der Waals surface area contributed by atoms with E-state index in [2.05, 4.69) is 20.3 Å². The highest BCUT2D eigenvalue weighted by atomic mass is 16.2. The monoisotopic (exact) mass is 339 g/mol. The Morgan fingerprint density at radius 1 is 1.44 bits per heavy atom. The lowest BCUT2D eigenvalue weighted by atomic mass is 9.80. The van der Waals surface area contributed by atoms with Gasteiger partial charge < -0.3 is 15.2 Å². The predicted octanol–water partition coefficient (Wildman–Crippen LogP) is 1.52. The van der Waals surface area contributed by atoms with Crippen molar-refractivity contribution in [2.45, 2.75) is 19.3 Å². The molecule has 1 aliphatic heterocycles. The summed E-state index contributed by atoms with van der Waals surface area (Å²) in [5, 5.41) is 3.39. The maximum atomic E-state index is 12.8. The van der Waals surface area contributed by atoms with Gasteiger partial charge in [0.1, 0.15) is 5.82 Å². The molecule has 2 aromatic heterocycles. The van der Waals surface area contributed by atoms with E-state index in [1.54, 1.807) is 24.7 Å². The van der Waals surface area contributed by atoms with Crippen molar-refractivity contribution in [3.8, 4) is 0 Å². The van der Waals surface area contributed by atoms with E-state index in [4.69, 9.17) is 0 Å². The molecule has 0 unspecified atom stereocenters. The first-order valence-corrected chi connectivity index (χ1v) is 8.64. The van der Waals surface area contributed by atoms with Crippen LogP contribution in [0, 0.1) is 11.3 Å². The van der Waals surface area contributed by atoms with Gasteiger partial charge in [0.05, 0.1) is 6.20 Å². The van der Waals surface area contributed by atoms with Crippen molar-refractivity contribution in [2.75, 3.05) is 25.0 Å². The number of aromatic amines is 1. The highest BCUT2D eigenvalue weighted by Gasteiger charge is 2.50. The van der Waals surface area contributed by atoms with Crippen molar-refractivity contribution in [1.82, 2.24) is 19.9 Å². The molecule has 0 radical (unpaired) electrons. The van der Waals surface area contributed by atoms with E-state index in [1.807, 2.05) is 4.90 Å². The minimum atomic E-state index is -0.246. The van der Waals surface area contributed by atoms with Crippen LogP contribution < -0.4 is 10.9 Å². The number of nitrogens with zero attached hydrogens (tertiary/aromatic N) is 3. The predicted molar refractivity (Wildman–Crippen MR) is 93.3 cm³/mol. The molecule has 2 fully saturated rings. The normalized spacial score (nSPS) is 25.0. The summed E-state index contributed by atoms with van der Waals surface area (Å²) in [5.41, 5.74) is 0.291. The van der Waals surface area contributed by atoms with Crippen molar-refractivity contribution < 1.29 is 4.79 Å². The molecule has 7 heteroatoms. The Kier molecular flexibility index (Phi) is 3.99. The molecule has 1 saturated heterocycles. The molecule has 0 spiro atoms. The molecule has 0 aromatic carbocycles. The van der Waals surface area contributed by atoms with Crippen LogP contribution in [0.25, 0.3) is 0 Å². The van der Waals surface area contributed by atoms with Gasteiger partial charge in [0.15, 0.2) is 0 Å². The molecule has 0 bridgehead atoms. The van der Waals surface area contributed by atoms with Crippen LogP contribution in [0.2, 0.25) is 0 Å². The lowest BCUT2D eigenvalue weighted by molar-refractivity contribution is 0.0770. The first kappa shape index (κ1) is 15.8. The van der Waals surface area contributed by atoms with Gasteiger partial charge in [-0.2, -0.15) is 0 Å². The van der Waals surface area contributed by atoms with Crippen LogP contribution >= 0.6 is 0 Å². The number of likely N-dealkylation sites (tertiary alicyclic amines) is 1. The Morgan fingerprint density at radius 2 is 2.36 bits per heavy atom. The number of H-pyrrole nitrogens is 1. The fraction of sp³-hybridized carbons (Fsp3) is 0.444. The molecule has 1 saturated carbocycles. The van der Waals surface area contributed by atoms with Crippen LogP contribution in [-0.4, -0.2) is 45.4 Å². The van der Waals surface area contributed by atoms with E-state index in [1.165, 1.54) is 18.7 Å². The molecule has 1 aliphatic carbocycles. The fourth-order valence-electron chi connectivity index (χ4n) is 4.28. The summed E-state index contributed by atoms with van der Waals surface area (Å²) in [4.78, 5) is 37.1. The number of hydrogen-bond acceptors (Lipinski definition) is 5. The van der Waals surface area contributed by atoms with Crippen molar-refractivity contribution in [3.05, 3.63) is 52.8 Å². The zero-order valence-electron chi connectivity index (χ0n) is 13.9. The first-order valence-electron chi connectivity index (χ1n) is 8.64. The summed E-state index contributed by atoms with van der Waals surface area (Å²) in [6.45, 7) is 2.26. The Hall–Kier alpha value is -2.70. The molecular weight excluding hydrogens is 318 g/mol. The number of anilines is 1. The van der Waals surface area contributed by atoms with Gasteiger partial charge in [-0.15, -0.1) is 0 Å². The van der Waals surface area contributed by atoms with Crippen LogP contribution in [0.4, 0.5) is 5.82 Å². The van der Waals surface area contributed by atoms with Crippen LogP contribution in [-0.2, 0) is 0 Å². The van der Waals surface area contributed by atoms with E-state index in [-0.39, 0.29) is 16.9 Å². The van der Waals surface area contributed by atoms with Crippen molar-refractivity contribution >= 4 is 11.7 Å². The third-order valence-corrected chi connectivity index (χ3v) is 5.53. The molecule has 25 heavy (non-hydrogen) atoms. The van der Waals surface area contributed by atoms with Gasteiger partial charge in [0.25, 0.3) is 5.91 Å². The molecule has 130 valence electrons. The van der Waals surface area contributed by atoms with Crippen molar-refractivity contribution in [3.63, 3.8) is 0 Å². The molecule has 2 aromatic rings. The number of rotatable bonds is 4. The maximum Gasteiger partial charge on any atom is 0.254 e.